The van der Waals surface area contributed by atoms with E-state index in [-0.39, 0.29) is 5.88 Å². The van der Waals surface area contributed by atoms with Crippen molar-refractivity contribution in [3.05, 3.63) is 23.4 Å². The van der Waals surface area contributed by atoms with Gasteiger partial charge in [0, 0.05) is 24.3 Å². The van der Waals surface area contributed by atoms with Gasteiger partial charge in [0.05, 0.1) is 0 Å². The normalized spacial score (nSPS) is 15.7. The Hall–Kier alpha value is -1.37. The number of pyridine rings is 1. The van der Waals surface area contributed by atoms with Gasteiger partial charge in [-0.3, -0.25) is 0 Å². The molecule has 2 rings (SSSR count). The molecule has 1 fully saturated rings. The third-order valence-corrected chi connectivity index (χ3v) is 2.89. The summed E-state index contributed by atoms with van der Waals surface area (Å²) in [4.78, 5) is 3.91. The Morgan fingerprint density at radius 3 is 2.70 bits per heavy atom. The van der Waals surface area contributed by atoms with Crippen LogP contribution in [0, 0.1) is 6.92 Å². The van der Waals surface area contributed by atoms with Gasteiger partial charge in [-0.05, 0) is 31.4 Å². The molecule has 7 heteroatoms. The molecule has 1 aliphatic carbocycles. The van der Waals surface area contributed by atoms with Gasteiger partial charge in [0.15, 0.2) is 6.61 Å². The van der Waals surface area contributed by atoms with Gasteiger partial charge in [-0.25, -0.2) is 13.8 Å². The number of rotatable bonds is 7. The maximum atomic E-state index is 12.8. The van der Waals surface area contributed by atoms with Crippen molar-refractivity contribution in [2.75, 3.05) is 6.61 Å². The lowest BCUT2D eigenvalue weighted by Gasteiger charge is -2.16. The molecule has 0 aliphatic heterocycles. The predicted octanol–water partition coefficient (Wildman–Crippen LogP) is 2.92. The van der Waals surface area contributed by atoms with Crippen molar-refractivity contribution in [2.24, 2.45) is 0 Å². The van der Waals surface area contributed by atoms with E-state index in [1.807, 2.05) is 0 Å². The zero-order chi connectivity index (χ0) is 14.8. The van der Waals surface area contributed by atoms with E-state index < -0.39 is 19.0 Å². The molecule has 0 atom stereocenters. The van der Waals surface area contributed by atoms with Crippen molar-refractivity contribution in [3.63, 3.8) is 0 Å². The molecule has 0 spiro atoms. The van der Waals surface area contributed by atoms with Gasteiger partial charge in [0.25, 0.3) is 0 Å². The Kier molecular flexibility index (Phi) is 4.47. The second kappa shape index (κ2) is 5.95. The number of hydrogen-bond donors (Lipinski definition) is 1. The van der Waals surface area contributed by atoms with E-state index in [2.05, 4.69) is 10.3 Å². The molecule has 1 aromatic rings. The Labute approximate surface area is 114 Å². The van der Waals surface area contributed by atoms with Crippen LogP contribution in [0.15, 0.2) is 12.1 Å². The monoisotopic (exact) mass is 292 g/mol. The topological polar surface area (TPSA) is 34.1 Å². The Morgan fingerprint density at radius 1 is 1.40 bits per heavy atom. The van der Waals surface area contributed by atoms with Crippen LogP contribution in [0.3, 0.4) is 0 Å². The fraction of sp³-hybridized carbons (Fsp3) is 0.615. The lowest BCUT2D eigenvalue weighted by Crippen LogP contribution is -2.34. The second-order valence-electron chi connectivity index (χ2n) is 4.96. The minimum atomic E-state index is -4.17. The standard InChI is InChI=1S/C13H16F4N2O/c1-8-4-9(6-18-10-2-3-10)5-11(19-8)20-7-13(16,17)12(14)15/h4-5,10,12,18H,2-3,6-7H2,1H3. The van der Waals surface area contributed by atoms with Crippen LogP contribution in [-0.4, -0.2) is 30.0 Å². The average Bonchev–Trinajstić information content (AvgIpc) is 3.17. The maximum Gasteiger partial charge on any atom is 0.340 e. The zero-order valence-electron chi connectivity index (χ0n) is 11.0. The van der Waals surface area contributed by atoms with Crippen LogP contribution in [0.1, 0.15) is 24.1 Å². The molecular formula is C13H16F4N2O. The van der Waals surface area contributed by atoms with E-state index in [1.54, 1.807) is 13.0 Å². The molecule has 112 valence electrons. The summed E-state index contributed by atoms with van der Waals surface area (Å²) in [5.74, 6) is -4.23. The van der Waals surface area contributed by atoms with Crippen molar-refractivity contribution in [1.29, 1.82) is 0 Å². The number of halogens is 4. The van der Waals surface area contributed by atoms with Crippen LogP contribution in [0.4, 0.5) is 17.6 Å². The second-order valence-corrected chi connectivity index (χ2v) is 4.96. The van der Waals surface area contributed by atoms with E-state index in [0.29, 0.717) is 18.3 Å². The summed E-state index contributed by atoms with van der Waals surface area (Å²) in [6.07, 6.45) is -1.48. The minimum Gasteiger partial charge on any atom is -0.471 e. The summed E-state index contributed by atoms with van der Waals surface area (Å²) in [7, 11) is 0. The van der Waals surface area contributed by atoms with E-state index >= 15 is 0 Å². The quantitative estimate of drug-likeness (QED) is 0.785. The molecule has 3 nitrogen and oxygen atoms in total. The molecule has 1 heterocycles. The van der Waals surface area contributed by atoms with Gasteiger partial charge in [-0.1, -0.05) is 0 Å². The predicted molar refractivity (Wildman–Crippen MR) is 65.3 cm³/mol. The molecular weight excluding hydrogens is 276 g/mol. The van der Waals surface area contributed by atoms with Crippen molar-refractivity contribution < 1.29 is 22.3 Å². The highest BCUT2D eigenvalue weighted by molar-refractivity contribution is 5.24. The van der Waals surface area contributed by atoms with Gasteiger partial charge < -0.3 is 10.1 Å². The third kappa shape index (κ3) is 4.33. The molecule has 1 aromatic heterocycles. The Morgan fingerprint density at radius 2 is 2.10 bits per heavy atom. The first-order valence-electron chi connectivity index (χ1n) is 6.36. The number of aryl methyl sites for hydroxylation is 1. The van der Waals surface area contributed by atoms with Gasteiger partial charge in [-0.15, -0.1) is 0 Å². The minimum absolute atomic E-state index is 0.0575. The molecule has 1 aliphatic rings. The van der Waals surface area contributed by atoms with Crippen LogP contribution in [0.25, 0.3) is 0 Å². The summed E-state index contributed by atoms with van der Waals surface area (Å²) in [5.41, 5.74) is 1.43. The maximum absolute atomic E-state index is 12.8. The van der Waals surface area contributed by atoms with Crippen molar-refractivity contribution in [2.45, 2.75) is 44.7 Å². The lowest BCUT2D eigenvalue weighted by atomic mass is 10.2. The Bertz CT molecular complexity index is 464. The fourth-order valence-corrected chi connectivity index (χ4v) is 1.67. The molecule has 0 radical (unpaired) electrons. The first-order chi connectivity index (χ1) is 9.37. The van der Waals surface area contributed by atoms with E-state index in [1.165, 1.54) is 6.07 Å². The summed E-state index contributed by atoms with van der Waals surface area (Å²) < 4.78 is 54.3. The fourth-order valence-electron chi connectivity index (χ4n) is 1.67. The van der Waals surface area contributed by atoms with E-state index in [9.17, 15) is 17.6 Å². The van der Waals surface area contributed by atoms with Gasteiger partial charge >= 0.3 is 12.3 Å². The molecule has 0 unspecified atom stereocenters. The number of alkyl halides is 4. The summed E-state index contributed by atoms with van der Waals surface area (Å²) in [6.45, 7) is 0.894. The van der Waals surface area contributed by atoms with Gasteiger partial charge in [0.2, 0.25) is 5.88 Å². The zero-order valence-corrected chi connectivity index (χ0v) is 11.0. The molecule has 1 saturated carbocycles. The van der Waals surface area contributed by atoms with E-state index in [0.717, 1.165) is 18.4 Å². The first kappa shape index (κ1) is 15.0. The average molecular weight is 292 g/mol. The highest BCUT2D eigenvalue weighted by Gasteiger charge is 2.41. The highest BCUT2D eigenvalue weighted by Crippen LogP contribution is 2.24. The summed E-state index contributed by atoms with van der Waals surface area (Å²) in [6, 6.07) is 3.80. The molecule has 0 amide bonds. The number of nitrogens with zero attached hydrogens (tertiary/aromatic N) is 1. The van der Waals surface area contributed by atoms with Gasteiger partial charge in [-0.2, -0.15) is 8.78 Å². The number of aromatic nitrogens is 1. The number of hydrogen-bond acceptors (Lipinski definition) is 3. The smallest absolute Gasteiger partial charge is 0.340 e. The molecule has 1 N–H and O–H groups in total. The highest BCUT2D eigenvalue weighted by atomic mass is 19.3. The molecule has 0 bridgehead atoms. The Balaban J connectivity index is 1.96. The SMILES string of the molecule is Cc1cc(CNC2CC2)cc(OCC(F)(F)C(F)F)n1. The van der Waals surface area contributed by atoms with Crippen LogP contribution in [-0.2, 0) is 6.54 Å². The van der Waals surface area contributed by atoms with Crippen molar-refractivity contribution in [1.82, 2.24) is 10.3 Å². The lowest BCUT2D eigenvalue weighted by molar-refractivity contribution is -0.148. The first-order valence-corrected chi connectivity index (χ1v) is 6.36. The van der Waals surface area contributed by atoms with Crippen molar-refractivity contribution >= 4 is 0 Å². The largest absolute Gasteiger partial charge is 0.471 e. The summed E-state index contributed by atoms with van der Waals surface area (Å²) >= 11 is 0. The van der Waals surface area contributed by atoms with Crippen LogP contribution in [0.5, 0.6) is 5.88 Å². The van der Waals surface area contributed by atoms with Gasteiger partial charge in [0.1, 0.15) is 0 Å². The third-order valence-electron chi connectivity index (χ3n) is 2.89. The number of ether oxygens (including phenoxy) is 1. The molecule has 0 saturated heterocycles. The van der Waals surface area contributed by atoms with E-state index in [4.69, 9.17) is 4.74 Å². The van der Waals surface area contributed by atoms with Crippen LogP contribution in [0.2, 0.25) is 0 Å². The summed E-state index contributed by atoms with van der Waals surface area (Å²) in [5, 5.41) is 3.27. The van der Waals surface area contributed by atoms with Crippen molar-refractivity contribution in [3.8, 4) is 5.88 Å². The van der Waals surface area contributed by atoms with Crippen LogP contribution >= 0.6 is 0 Å². The van der Waals surface area contributed by atoms with Crippen LogP contribution < -0.4 is 10.1 Å². The number of nitrogens with one attached hydrogen (secondary N) is 1. The molecule has 20 heavy (non-hydrogen) atoms. The molecule has 0 aromatic carbocycles.